The van der Waals surface area contributed by atoms with E-state index in [0.717, 1.165) is 11.0 Å². The highest BCUT2D eigenvalue weighted by Crippen LogP contribution is 2.26. The molecule has 0 bridgehead atoms. The second-order valence-electron chi connectivity index (χ2n) is 4.22. The number of nitrogens with zero attached hydrogens (tertiary/aromatic N) is 2. The van der Waals surface area contributed by atoms with E-state index in [4.69, 9.17) is 5.73 Å². The summed E-state index contributed by atoms with van der Waals surface area (Å²) in [4.78, 5) is 4.45. The van der Waals surface area contributed by atoms with Gasteiger partial charge in [0.05, 0.1) is 16.6 Å². The third-order valence-electron chi connectivity index (χ3n) is 3.02. The molecule has 2 aromatic carbocycles. The Bertz CT molecular complexity index is 731. The predicted molar refractivity (Wildman–Crippen MR) is 70.5 cm³/mol. The minimum atomic E-state index is -0.274. The second kappa shape index (κ2) is 3.84. The molecule has 0 aliphatic carbocycles. The van der Waals surface area contributed by atoms with E-state index >= 15 is 0 Å². The Balaban J connectivity index is 2.31. The summed E-state index contributed by atoms with van der Waals surface area (Å²) in [5.41, 5.74) is 8.63. The Morgan fingerprint density at radius 2 is 1.94 bits per heavy atom. The lowest BCUT2D eigenvalue weighted by molar-refractivity contribution is 0.629. The van der Waals surface area contributed by atoms with Crippen molar-refractivity contribution in [2.24, 2.45) is 7.05 Å². The number of aromatic nitrogens is 2. The molecule has 0 amide bonds. The van der Waals surface area contributed by atoms with Gasteiger partial charge in [-0.05, 0) is 30.3 Å². The highest BCUT2D eigenvalue weighted by Gasteiger charge is 2.12. The molecular formula is C14H12FN3. The zero-order valence-corrected chi connectivity index (χ0v) is 9.89. The van der Waals surface area contributed by atoms with Gasteiger partial charge in [0.15, 0.2) is 0 Å². The summed E-state index contributed by atoms with van der Waals surface area (Å²) in [6.07, 6.45) is 0. The van der Waals surface area contributed by atoms with E-state index in [1.165, 1.54) is 6.07 Å². The SMILES string of the molecule is Cn1c(-c2ccccc2F)nc2ccc(N)cc21. The van der Waals surface area contributed by atoms with E-state index in [1.54, 1.807) is 24.3 Å². The van der Waals surface area contributed by atoms with Crippen LogP contribution in [0.25, 0.3) is 22.4 Å². The Morgan fingerprint density at radius 3 is 2.72 bits per heavy atom. The van der Waals surface area contributed by atoms with Gasteiger partial charge in [-0.2, -0.15) is 0 Å². The fraction of sp³-hybridized carbons (Fsp3) is 0.0714. The van der Waals surface area contributed by atoms with Crippen molar-refractivity contribution in [2.45, 2.75) is 0 Å². The number of fused-ring (bicyclic) bond motifs is 1. The quantitative estimate of drug-likeness (QED) is 0.666. The molecule has 18 heavy (non-hydrogen) atoms. The maximum Gasteiger partial charge on any atom is 0.143 e. The zero-order valence-electron chi connectivity index (χ0n) is 9.89. The minimum absolute atomic E-state index is 0.274. The number of halogens is 1. The average Bonchev–Trinajstić information content (AvgIpc) is 2.68. The molecule has 1 aromatic heterocycles. The van der Waals surface area contributed by atoms with Crippen LogP contribution in [0.2, 0.25) is 0 Å². The van der Waals surface area contributed by atoms with Crippen LogP contribution >= 0.6 is 0 Å². The van der Waals surface area contributed by atoms with Crippen LogP contribution in [-0.4, -0.2) is 9.55 Å². The zero-order chi connectivity index (χ0) is 12.7. The molecule has 0 radical (unpaired) electrons. The van der Waals surface area contributed by atoms with Gasteiger partial charge in [-0.3, -0.25) is 0 Å². The number of rotatable bonds is 1. The second-order valence-corrected chi connectivity index (χ2v) is 4.22. The van der Waals surface area contributed by atoms with Crippen molar-refractivity contribution in [1.29, 1.82) is 0 Å². The molecule has 0 saturated carbocycles. The summed E-state index contributed by atoms with van der Waals surface area (Å²) < 4.78 is 15.6. The van der Waals surface area contributed by atoms with E-state index in [2.05, 4.69) is 4.98 Å². The standard InChI is InChI=1S/C14H12FN3/c1-18-13-8-9(16)6-7-12(13)17-14(18)10-4-2-3-5-11(10)15/h2-8H,16H2,1H3. The van der Waals surface area contributed by atoms with Crippen LogP contribution in [0.15, 0.2) is 42.5 Å². The van der Waals surface area contributed by atoms with E-state index in [1.807, 2.05) is 23.7 Å². The number of benzene rings is 2. The third kappa shape index (κ3) is 1.54. The van der Waals surface area contributed by atoms with Gasteiger partial charge in [0.25, 0.3) is 0 Å². The first-order chi connectivity index (χ1) is 8.66. The van der Waals surface area contributed by atoms with Crippen molar-refractivity contribution in [3.63, 3.8) is 0 Å². The first-order valence-corrected chi connectivity index (χ1v) is 5.63. The highest BCUT2D eigenvalue weighted by atomic mass is 19.1. The summed E-state index contributed by atoms with van der Waals surface area (Å²) in [5.74, 6) is 0.331. The molecule has 0 spiro atoms. The molecule has 0 aliphatic heterocycles. The van der Waals surface area contributed by atoms with Crippen LogP contribution in [0.5, 0.6) is 0 Å². The Kier molecular flexibility index (Phi) is 2.30. The van der Waals surface area contributed by atoms with E-state index < -0.39 is 0 Å². The molecular weight excluding hydrogens is 229 g/mol. The molecule has 4 heteroatoms. The van der Waals surface area contributed by atoms with E-state index in [-0.39, 0.29) is 5.82 Å². The number of nitrogens with two attached hydrogens (primary N) is 1. The van der Waals surface area contributed by atoms with E-state index in [0.29, 0.717) is 17.1 Å². The monoisotopic (exact) mass is 241 g/mol. The summed E-state index contributed by atoms with van der Waals surface area (Å²) in [5, 5.41) is 0. The highest BCUT2D eigenvalue weighted by molar-refractivity contribution is 5.83. The summed E-state index contributed by atoms with van der Waals surface area (Å²) >= 11 is 0. The summed E-state index contributed by atoms with van der Waals surface area (Å²) in [7, 11) is 1.86. The van der Waals surface area contributed by atoms with Crippen molar-refractivity contribution in [3.8, 4) is 11.4 Å². The molecule has 0 atom stereocenters. The van der Waals surface area contributed by atoms with Crippen molar-refractivity contribution in [3.05, 3.63) is 48.3 Å². The molecule has 3 nitrogen and oxygen atoms in total. The molecule has 0 fully saturated rings. The fourth-order valence-corrected chi connectivity index (χ4v) is 2.09. The van der Waals surface area contributed by atoms with Crippen molar-refractivity contribution < 1.29 is 4.39 Å². The van der Waals surface area contributed by atoms with Crippen LogP contribution in [0.4, 0.5) is 10.1 Å². The number of aryl methyl sites for hydroxylation is 1. The van der Waals surface area contributed by atoms with Crippen LogP contribution < -0.4 is 5.73 Å². The molecule has 0 saturated heterocycles. The van der Waals surface area contributed by atoms with Crippen molar-refractivity contribution in [1.82, 2.24) is 9.55 Å². The van der Waals surface area contributed by atoms with Crippen LogP contribution in [-0.2, 0) is 7.05 Å². The maximum absolute atomic E-state index is 13.8. The predicted octanol–water partition coefficient (Wildman–Crippen LogP) is 2.96. The van der Waals surface area contributed by atoms with Gasteiger partial charge in [-0.15, -0.1) is 0 Å². The largest absolute Gasteiger partial charge is 0.399 e. The van der Waals surface area contributed by atoms with Crippen LogP contribution in [0.1, 0.15) is 0 Å². The molecule has 0 aliphatic rings. The lowest BCUT2D eigenvalue weighted by Gasteiger charge is -2.03. The third-order valence-corrected chi connectivity index (χ3v) is 3.02. The lowest BCUT2D eigenvalue weighted by Crippen LogP contribution is -1.95. The Morgan fingerprint density at radius 1 is 1.17 bits per heavy atom. The Labute approximate surface area is 104 Å². The topological polar surface area (TPSA) is 43.8 Å². The summed E-state index contributed by atoms with van der Waals surface area (Å²) in [6, 6.07) is 12.1. The van der Waals surface area contributed by atoms with Gasteiger partial charge in [0.1, 0.15) is 11.6 Å². The number of hydrogen-bond donors (Lipinski definition) is 1. The maximum atomic E-state index is 13.8. The average molecular weight is 241 g/mol. The van der Waals surface area contributed by atoms with Gasteiger partial charge < -0.3 is 10.3 Å². The normalized spacial score (nSPS) is 11.0. The number of hydrogen-bond acceptors (Lipinski definition) is 2. The molecule has 1 heterocycles. The lowest BCUT2D eigenvalue weighted by atomic mass is 10.2. The van der Waals surface area contributed by atoms with Gasteiger partial charge in [-0.1, -0.05) is 12.1 Å². The van der Waals surface area contributed by atoms with Gasteiger partial charge in [-0.25, -0.2) is 9.37 Å². The van der Waals surface area contributed by atoms with Crippen LogP contribution in [0, 0.1) is 5.82 Å². The molecule has 3 aromatic rings. The first-order valence-electron chi connectivity index (χ1n) is 5.63. The number of nitrogen functional groups attached to an aromatic ring is 1. The van der Waals surface area contributed by atoms with Crippen molar-refractivity contribution >= 4 is 16.7 Å². The first kappa shape index (κ1) is 10.8. The summed E-state index contributed by atoms with van der Waals surface area (Å²) in [6.45, 7) is 0. The van der Waals surface area contributed by atoms with Gasteiger partial charge >= 0.3 is 0 Å². The van der Waals surface area contributed by atoms with Crippen LogP contribution in [0.3, 0.4) is 0 Å². The number of imidazole rings is 1. The number of anilines is 1. The smallest absolute Gasteiger partial charge is 0.143 e. The van der Waals surface area contributed by atoms with Crippen molar-refractivity contribution in [2.75, 3.05) is 5.73 Å². The minimum Gasteiger partial charge on any atom is -0.399 e. The molecule has 0 unspecified atom stereocenters. The van der Waals surface area contributed by atoms with Gasteiger partial charge in [0.2, 0.25) is 0 Å². The Hall–Kier alpha value is -2.36. The molecule has 2 N–H and O–H groups in total. The van der Waals surface area contributed by atoms with Gasteiger partial charge in [0, 0.05) is 12.7 Å². The van der Waals surface area contributed by atoms with E-state index in [9.17, 15) is 4.39 Å². The molecule has 3 rings (SSSR count). The fourth-order valence-electron chi connectivity index (χ4n) is 2.09. The molecule has 90 valence electrons.